The van der Waals surface area contributed by atoms with Crippen LogP contribution in [0.2, 0.25) is 0 Å². The van der Waals surface area contributed by atoms with Gasteiger partial charge in [0.1, 0.15) is 5.60 Å². The zero-order valence-corrected chi connectivity index (χ0v) is 11.8. The van der Waals surface area contributed by atoms with Crippen LogP contribution in [0.5, 0.6) is 0 Å². The van der Waals surface area contributed by atoms with E-state index in [4.69, 9.17) is 10.5 Å². The van der Waals surface area contributed by atoms with Gasteiger partial charge in [0, 0.05) is 25.4 Å². The van der Waals surface area contributed by atoms with Crippen molar-refractivity contribution in [3.8, 4) is 0 Å². The Morgan fingerprint density at radius 3 is 2.40 bits per heavy atom. The molecule has 1 rings (SSSR count). The van der Waals surface area contributed by atoms with Crippen LogP contribution < -0.4 is 5.73 Å². The molecule has 1 amide bonds. The molecule has 0 saturated heterocycles. The molecule has 0 bridgehead atoms. The fourth-order valence-electron chi connectivity index (χ4n) is 1.54. The number of allylic oxidation sites excluding steroid dienone is 1. The van der Waals surface area contributed by atoms with Gasteiger partial charge in [-0.2, -0.15) is 13.2 Å². The van der Waals surface area contributed by atoms with Crippen molar-refractivity contribution in [3.05, 3.63) is 11.4 Å². The molecule has 1 aliphatic rings. The third-order valence-electron chi connectivity index (χ3n) is 2.53. The molecule has 0 radical (unpaired) electrons. The summed E-state index contributed by atoms with van der Waals surface area (Å²) >= 11 is 0. The smallest absolute Gasteiger partial charge is 0.414 e. The minimum atomic E-state index is -4.45. The highest BCUT2D eigenvalue weighted by Crippen LogP contribution is 2.30. The lowest BCUT2D eigenvalue weighted by atomic mass is 10.1. The van der Waals surface area contributed by atoms with Crippen molar-refractivity contribution in [2.75, 3.05) is 7.05 Å². The van der Waals surface area contributed by atoms with Crippen LogP contribution in [0, 0.1) is 0 Å². The van der Waals surface area contributed by atoms with Crippen molar-refractivity contribution in [2.45, 2.75) is 45.0 Å². The maximum Gasteiger partial charge on any atom is 0.414 e. The van der Waals surface area contributed by atoms with Crippen LogP contribution in [-0.4, -0.2) is 42.1 Å². The lowest BCUT2D eigenvalue weighted by Gasteiger charge is -2.28. The van der Waals surface area contributed by atoms with Gasteiger partial charge in [0.2, 0.25) is 0 Å². The number of rotatable bonds is 1. The molecule has 1 atom stereocenters. The van der Waals surface area contributed by atoms with Crippen LogP contribution in [0.4, 0.5) is 18.0 Å². The first-order valence-corrected chi connectivity index (χ1v) is 5.97. The van der Waals surface area contributed by atoms with E-state index in [9.17, 15) is 18.0 Å². The number of dihydropyridines is 1. The van der Waals surface area contributed by atoms with Gasteiger partial charge >= 0.3 is 12.3 Å². The monoisotopic (exact) mass is 293 g/mol. The van der Waals surface area contributed by atoms with E-state index in [-0.39, 0.29) is 11.4 Å². The minimum absolute atomic E-state index is 0.0457. The van der Waals surface area contributed by atoms with Crippen LogP contribution in [0.15, 0.2) is 16.4 Å². The quantitative estimate of drug-likeness (QED) is 0.807. The van der Waals surface area contributed by atoms with Crippen LogP contribution in [0.25, 0.3) is 0 Å². The normalized spacial score (nSPS) is 20.1. The lowest BCUT2D eigenvalue weighted by Crippen LogP contribution is -2.38. The summed E-state index contributed by atoms with van der Waals surface area (Å²) in [5.74, 6) is 0. The fraction of sp³-hybridized carbons (Fsp3) is 0.667. The van der Waals surface area contributed by atoms with Gasteiger partial charge in [-0.3, -0.25) is 9.89 Å². The third-order valence-corrected chi connectivity index (χ3v) is 2.53. The van der Waals surface area contributed by atoms with Gasteiger partial charge in [-0.25, -0.2) is 4.79 Å². The molecule has 0 fully saturated rings. The average molecular weight is 293 g/mol. The minimum Gasteiger partial charge on any atom is -0.443 e. The summed E-state index contributed by atoms with van der Waals surface area (Å²) < 4.78 is 42.7. The summed E-state index contributed by atoms with van der Waals surface area (Å²) in [4.78, 5) is 16.3. The molecule has 0 spiro atoms. The molecule has 0 aromatic rings. The predicted molar refractivity (Wildman–Crippen MR) is 68.2 cm³/mol. The van der Waals surface area contributed by atoms with E-state index in [2.05, 4.69) is 4.99 Å². The van der Waals surface area contributed by atoms with Crippen molar-refractivity contribution in [1.82, 2.24) is 4.90 Å². The highest BCUT2D eigenvalue weighted by molar-refractivity contribution is 5.86. The molecule has 0 aromatic heterocycles. The maximum atomic E-state index is 12.5. The number of halogens is 3. The Labute approximate surface area is 115 Å². The number of alkyl halides is 3. The summed E-state index contributed by atoms with van der Waals surface area (Å²) in [7, 11) is 1.37. The number of hydrogen-bond donors (Lipinski definition) is 1. The number of nitrogens with zero attached hydrogens (tertiary/aromatic N) is 2. The van der Waals surface area contributed by atoms with Crippen LogP contribution in [-0.2, 0) is 4.74 Å². The van der Waals surface area contributed by atoms with Crippen molar-refractivity contribution >= 4 is 12.3 Å². The molecule has 2 N–H and O–H groups in total. The van der Waals surface area contributed by atoms with Crippen molar-refractivity contribution in [3.63, 3.8) is 0 Å². The highest BCUT2D eigenvalue weighted by atomic mass is 19.4. The fourth-order valence-corrected chi connectivity index (χ4v) is 1.54. The first-order chi connectivity index (χ1) is 8.92. The Morgan fingerprint density at radius 2 is 2.00 bits per heavy atom. The second-order valence-corrected chi connectivity index (χ2v) is 5.49. The number of aliphatic imine (C=N–C) groups is 1. The van der Waals surface area contributed by atoms with Crippen LogP contribution >= 0.6 is 0 Å². The van der Waals surface area contributed by atoms with Gasteiger partial charge in [-0.1, -0.05) is 0 Å². The second-order valence-electron chi connectivity index (χ2n) is 5.49. The van der Waals surface area contributed by atoms with Crippen molar-refractivity contribution in [1.29, 1.82) is 0 Å². The molecule has 8 heteroatoms. The van der Waals surface area contributed by atoms with Crippen molar-refractivity contribution in [2.24, 2.45) is 10.7 Å². The van der Waals surface area contributed by atoms with Gasteiger partial charge < -0.3 is 10.5 Å². The maximum absolute atomic E-state index is 12.5. The highest BCUT2D eigenvalue weighted by Gasteiger charge is 2.41. The molecule has 0 aromatic carbocycles. The largest absolute Gasteiger partial charge is 0.443 e. The number of ether oxygens (including phenoxy) is 1. The lowest BCUT2D eigenvalue weighted by molar-refractivity contribution is -0.146. The summed E-state index contributed by atoms with van der Waals surface area (Å²) in [6, 6.07) is -1.86. The molecule has 0 aliphatic carbocycles. The molecule has 1 aliphatic heterocycles. The number of nitrogens with two attached hydrogens (primary N) is 1. The Bertz CT molecular complexity index is 450. The van der Waals surface area contributed by atoms with Crippen molar-refractivity contribution < 1.29 is 22.7 Å². The number of hydrogen-bond acceptors (Lipinski definition) is 4. The SMILES string of the molecule is CN(C(=O)OC(C)(C)C)C1=C(N)CC(C(F)(F)F)N=C1. The van der Waals surface area contributed by atoms with E-state index in [1.54, 1.807) is 20.8 Å². The number of carbonyl (C=O) groups excluding carboxylic acids is 1. The number of carbonyl (C=O) groups is 1. The first kappa shape index (κ1) is 16.3. The molecule has 5 nitrogen and oxygen atoms in total. The summed E-state index contributed by atoms with van der Waals surface area (Å²) in [5, 5.41) is 0. The van der Waals surface area contributed by atoms with E-state index >= 15 is 0 Å². The topological polar surface area (TPSA) is 67.9 Å². The summed E-state index contributed by atoms with van der Waals surface area (Å²) in [6.07, 6.45) is -4.66. The van der Waals surface area contributed by atoms with Gasteiger partial charge in [-0.15, -0.1) is 0 Å². The molecule has 114 valence electrons. The molecule has 1 heterocycles. The molecule has 20 heavy (non-hydrogen) atoms. The van der Waals surface area contributed by atoms with Gasteiger partial charge in [0.15, 0.2) is 6.04 Å². The van der Waals surface area contributed by atoms with E-state index in [1.165, 1.54) is 7.05 Å². The zero-order valence-electron chi connectivity index (χ0n) is 11.8. The average Bonchev–Trinajstić information content (AvgIpc) is 2.24. The molecule has 1 unspecified atom stereocenters. The van der Waals surface area contributed by atoms with Gasteiger partial charge in [0.05, 0.1) is 5.70 Å². The zero-order chi connectivity index (χ0) is 15.7. The second kappa shape index (κ2) is 5.34. The van der Waals surface area contributed by atoms with E-state index in [0.29, 0.717) is 0 Å². The van der Waals surface area contributed by atoms with E-state index in [1.807, 2.05) is 0 Å². The molecular formula is C12H18F3N3O2. The van der Waals surface area contributed by atoms with E-state index in [0.717, 1.165) is 11.1 Å². The Hall–Kier alpha value is -1.73. The summed E-state index contributed by atoms with van der Waals surface area (Å²) in [6.45, 7) is 5.06. The third kappa shape index (κ3) is 4.14. The standard InChI is InChI=1S/C12H18F3N3O2/c1-11(2,3)20-10(19)18(4)8-6-17-9(5-7(8)16)12(13,14)15/h6,9H,5,16H2,1-4H3. The van der Waals surface area contributed by atoms with Gasteiger partial charge in [0.25, 0.3) is 0 Å². The summed E-state index contributed by atoms with van der Waals surface area (Å²) in [5.41, 5.74) is 4.98. The van der Waals surface area contributed by atoms with Crippen LogP contribution in [0.1, 0.15) is 27.2 Å². The Balaban J connectivity index is 2.83. The molecular weight excluding hydrogens is 275 g/mol. The molecule has 0 saturated carbocycles. The number of amides is 1. The van der Waals surface area contributed by atoms with Crippen LogP contribution in [0.3, 0.4) is 0 Å². The van der Waals surface area contributed by atoms with E-state index < -0.39 is 30.3 Å². The Kier molecular flexibility index (Phi) is 4.36. The predicted octanol–water partition coefficient (Wildman–Crippen LogP) is 2.43. The Morgan fingerprint density at radius 1 is 1.45 bits per heavy atom. The first-order valence-electron chi connectivity index (χ1n) is 5.97. The van der Waals surface area contributed by atoms with Gasteiger partial charge in [-0.05, 0) is 20.8 Å².